The average molecular weight is 363 g/mol. The zero-order valence-electron chi connectivity index (χ0n) is 13.9. The standard InChI is InChI=1S/C16H17N3O5S/c1-11-14(19(21)22)9-6-10-15(11)25(23,24)17-13-8-5-4-7-12(13)16(20)18(2)3/h4-10,17H,1-3H3. The smallest absolute Gasteiger partial charge is 0.273 e. The fourth-order valence-corrected chi connectivity index (χ4v) is 3.63. The van der Waals surface area contributed by atoms with Gasteiger partial charge in [0.05, 0.1) is 21.1 Å². The number of nitro groups is 1. The van der Waals surface area contributed by atoms with Gasteiger partial charge in [0.2, 0.25) is 0 Å². The first-order chi connectivity index (χ1) is 11.6. The van der Waals surface area contributed by atoms with Gasteiger partial charge in [0.15, 0.2) is 0 Å². The van der Waals surface area contributed by atoms with E-state index >= 15 is 0 Å². The molecule has 0 aliphatic rings. The van der Waals surface area contributed by atoms with Crippen LogP contribution in [0.1, 0.15) is 15.9 Å². The number of anilines is 1. The van der Waals surface area contributed by atoms with Gasteiger partial charge in [-0.3, -0.25) is 19.6 Å². The quantitative estimate of drug-likeness (QED) is 0.648. The second-order valence-corrected chi connectivity index (χ2v) is 7.16. The van der Waals surface area contributed by atoms with Gasteiger partial charge in [-0.25, -0.2) is 8.42 Å². The number of carbonyl (C=O) groups excluding carboxylic acids is 1. The maximum Gasteiger partial charge on any atom is 0.273 e. The molecule has 132 valence electrons. The molecular formula is C16H17N3O5S. The lowest BCUT2D eigenvalue weighted by Crippen LogP contribution is -2.24. The molecule has 0 aliphatic carbocycles. The Balaban J connectivity index is 2.50. The topological polar surface area (TPSA) is 110 Å². The van der Waals surface area contributed by atoms with E-state index in [0.29, 0.717) is 0 Å². The minimum atomic E-state index is -4.11. The zero-order chi connectivity index (χ0) is 18.8. The number of rotatable bonds is 5. The minimum absolute atomic E-state index is 0.0245. The summed E-state index contributed by atoms with van der Waals surface area (Å²) in [5.41, 5.74) is 0.0169. The first-order valence-corrected chi connectivity index (χ1v) is 8.71. The van der Waals surface area contributed by atoms with Crippen LogP contribution >= 0.6 is 0 Å². The summed E-state index contributed by atoms with van der Waals surface area (Å²) < 4.78 is 27.7. The summed E-state index contributed by atoms with van der Waals surface area (Å²) in [6.45, 7) is 1.36. The monoisotopic (exact) mass is 363 g/mol. The minimum Gasteiger partial charge on any atom is -0.345 e. The molecule has 0 saturated carbocycles. The van der Waals surface area contributed by atoms with E-state index < -0.39 is 14.9 Å². The van der Waals surface area contributed by atoms with Crippen molar-refractivity contribution in [2.24, 2.45) is 0 Å². The normalized spacial score (nSPS) is 11.0. The molecule has 0 unspecified atom stereocenters. The van der Waals surface area contributed by atoms with Crippen molar-refractivity contribution in [1.82, 2.24) is 4.90 Å². The molecule has 2 aromatic carbocycles. The van der Waals surface area contributed by atoms with Crippen LogP contribution in [-0.4, -0.2) is 38.2 Å². The van der Waals surface area contributed by atoms with E-state index in [2.05, 4.69) is 4.72 Å². The number of benzene rings is 2. The SMILES string of the molecule is Cc1c([N+](=O)[O-])cccc1S(=O)(=O)Nc1ccccc1C(=O)N(C)C. The van der Waals surface area contributed by atoms with Crippen LogP contribution in [0.15, 0.2) is 47.4 Å². The molecule has 0 saturated heterocycles. The number of para-hydroxylation sites is 1. The van der Waals surface area contributed by atoms with Gasteiger partial charge < -0.3 is 4.90 Å². The second kappa shape index (κ2) is 6.89. The Morgan fingerprint density at radius 1 is 1.12 bits per heavy atom. The zero-order valence-corrected chi connectivity index (χ0v) is 14.7. The number of nitro benzene ring substituents is 1. The molecule has 9 heteroatoms. The third kappa shape index (κ3) is 3.77. The lowest BCUT2D eigenvalue weighted by atomic mass is 10.1. The molecule has 0 aromatic heterocycles. The van der Waals surface area contributed by atoms with Gasteiger partial charge in [0.1, 0.15) is 0 Å². The fraction of sp³-hybridized carbons (Fsp3) is 0.188. The first kappa shape index (κ1) is 18.4. The summed E-state index contributed by atoms with van der Waals surface area (Å²) in [6, 6.07) is 9.98. The number of amides is 1. The van der Waals surface area contributed by atoms with E-state index in [4.69, 9.17) is 0 Å². The van der Waals surface area contributed by atoms with Crippen LogP contribution in [-0.2, 0) is 10.0 Å². The van der Waals surface area contributed by atoms with Crippen LogP contribution in [0.5, 0.6) is 0 Å². The first-order valence-electron chi connectivity index (χ1n) is 7.22. The second-order valence-electron chi connectivity index (χ2n) is 5.51. The summed E-state index contributed by atoms with van der Waals surface area (Å²) in [5.74, 6) is -0.367. The molecule has 0 fully saturated rings. The molecule has 1 N–H and O–H groups in total. The number of hydrogen-bond acceptors (Lipinski definition) is 5. The third-order valence-electron chi connectivity index (χ3n) is 3.55. The highest BCUT2D eigenvalue weighted by molar-refractivity contribution is 7.92. The largest absolute Gasteiger partial charge is 0.345 e. The van der Waals surface area contributed by atoms with Crippen molar-refractivity contribution in [2.45, 2.75) is 11.8 Å². The van der Waals surface area contributed by atoms with E-state index in [1.165, 1.54) is 42.2 Å². The molecule has 1 amide bonds. The number of sulfonamides is 1. The van der Waals surface area contributed by atoms with E-state index in [1.54, 1.807) is 26.2 Å². The number of carbonyl (C=O) groups is 1. The maximum atomic E-state index is 12.7. The predicted octanol–water partition coefficient (Wildman–Crippen LogP) is 2.41. The molecule has 2 rings (SSSR count). The Labute approximate surface area is 145 Å². The Morgan fingerprint density at radius 3 is 2.36 bits per heavy atom. The summed E-state index contributed by atoms with van der Waals surface area (Å²) in [7, 11) is -0.999. The number of hydrogen-bond donors (Lipinski definition) is 1. The van der Waals surface area contributed by atoms with Gasteiger partial charge in [-0.2, -0.15) is 0 Å². The lowest BCUT2D eigenvalue weighted by molar-refractivity contribution is -0.385. The van der Waals surface area contributed by atoms with Crippen molar-refractivity contribution in [3.05, 3.63) is 63.7 Å². The lowest BCUT2D eigenvalue weighted by Gasteiger charge is -2.16. The third-order valence-corrected chi connectivity index (χ3v) is 5.06. The number of nitrogens with one attached hydrogen (secondary N) is 1. The van der Waals surface area contributed by atoms with Crippen LogP contribution in [0.2, 0.25) is 0 Å². The van der Waals surface area contributed by atoms with Crippen LogP contribution in [0, 0.1) is 17.0 Å². The maximum absolute atomic E-state index is 12.7. The highest BCUT2D eigenvalue weighted by Gasteiger charge is 2.24. The van der Waals surface area contributed by atoms with Crippen molar-refractivity contribution in [3.63, 3.8) is 0 Å². The highest BCUT2D eigenvalue weighted by Crippen LogP contribution is 2.27. The molecule has 0 bridgehead atoms. The Bertz CT molecular complexity index is 939. The van der Waals surface area contributed by atoms with Crippen molar-refractivity contribution in [3.8, 4) is 0 Å². The van der Waals surface area contributed by atoms with E-state index in [-0.39, 0.29) is 33.3 Å². The van der Waals surface area contributed by atoms with Gasteiger partial charge in [-0.05, 0) is 25.1 Å². The van der Waals surface area contributed by atoms with Crippen LogP contribution in [0.25, 0.3) is 0 Å². The highest BCUT2D eigenvalue weighted by atomic mass is 32.2. The van der Waals surface area contributed by atoms with Crippen molar-refractivity contribution in [2.75, 3.05) is 18.8 Å². The van der Waals surface area contributed by atoms with E-state index in [1.807, 2.05) is 0 Å². The van der Waals surface area contributed by atoms with Gasteiger partial charge >= 0.3 is 0 Å². The van der Waals surface area contributed by atoms with Crippen LogP contribution < -0.4 is 4.72 Å². The van der Waals surface area contributed by atoms with Gasteiger partial charge in [-0.1, -0.05) is 18.2 Å². The molecule has 0 atom stereocenters. The van der Waals surface area contributed by atoms with Gasteiger partial charge in [-0.15, -0.1) is 0 Å². The summed E-state index contributed by atoms with van der Waals surface area (Å²) in [4.78, 5) is 23.7. The Hall–Kier alpha value is -2.94. The molecule has 0 heterocycles. The predicted molar refractivity (Wildman–Crippen MR) is 93.1 cm³/mol. The molecule has 2 aromatic rings. The van der Waals surface area contributed by atoms with Crippen molar-refractivity contribution < 1.29 is 18.1 Å². The fourth-order valence-electron chi connectivity index (χ4n) is 2.29. The molecule has 25 heavy (non-hydrogen) atoms. The molecular weight excluding hydrogens is 346 g/mol. The Kier molecular flexibility index (Phi) is 5.07. The van der Waals surface area contributed by atoms with E-state index in [0.717, 1.165) is 0 Å². The summed E-state index contributed by atoms with van der Waals surface area (Å²) >= 11 is 0. The summed E-state index contributed by atoms with van der Waals surface area (Å²) in [6.07, 6.45) is 0. The van der Waals surface area contributed by atoms with Crippen LogP contribution in [0.4, 0.5) is 11.4 Å². The summed E-state index contributed by atoms with van der Waals surface area (Å²) in [5, 5.41) is 11.0. The number of nitrogens with zero attached hydrogens (tertiary/aromatic N) is 2. The molecule has 0 aliphatic heterocycles. The van der Waals surface area contributed by atoms with Crippen molar-refractivity contribution in [1.29, 1.82) is 0 Å². The van der Waals surface area contributed by atoms with Crippen molar-refractivity contribution >= 4 is 27.3 Å². The average Bonchev–Trinajstić information content (AvgIpc) is 2.54. The van der Waals surface area contributed by atoms with Gasteiger partial charge in [0, 0.05) is 25.7 Å². The van der Waals surface area contributed by atoms with E-state index in [9.17, 15) is 23.3 Å². The Morgan fingerprint density at radius 2 is 1.76 bits per heavy atom. The molecule has 8 nitrogen and oxygen atoms in total. The van der Waals surface area contributed by atoms with Crippen LogP contribution in [0.3, 0.4) is 0 Å². The van der Waals surface area contributed by atoms with Gasteiger partial charge in [0.25, 0.3) is 21.6 Å². The molecule has 0 spiro atoms. The molecule has 0 radical (unpaired) electrons.